The SMILES string of the molecule is NCc1ccnc(CN)n1. The Morgan fingerprint density at radius 1 is 1.30 bits per heavy atom. The van der Waals surface area contributed by atoms with Gasteiger partial charge in [-0.1, -0.05) is 0 Å². The van der Waals surface area contributed by atoms with Crippen molar-refractivity contribution in [3.05, 3.63) is 23.8 Å². The third-order valence-electron chi connectivity index (χ3n) is 1.15. The molecule has 1 rings (SSSR count). The van der Waals surface area contributed by atoms with Crippen LogP contribution in [0.15, 0.2) is 12.3 Å². The van der Waals surface area contributed by atoms with E-state index in [1.807, 2.05) is 0 Å². The van der Waals surface area contributed by atoms with E-state index in [4.69, 9.17) is 11.5 Å². The molecule has 1 aromatic rings. The fraction of sp³-hybridized carbons (Fsp3) is 0.333. The third-order valence-corrected chi connectivity index (χ3v) is 1.15. The van der Waals surface area contributed by atoms with E-state index in [-0.39, 0.29) is 0 Å². The zero-order chi connectivity index (χ0) is 7.40. The van der Waals surface area contributed by atoms with Crippen LogP contribution >= 0.6 is 0 Å². The summed E-state index contributed by atoms with van der Waals surface area (Å²) in [6.07, 6.45) is 1.66. The van der Waals surface area contributed by atoms with Crippen molar-refractivity contribution in [1.82, 2.24) is 9.97 Å². The molecule has 54 valence electrons. The van der Waals surface area contributed by atoms with Gasteiger partial charge >= 0.3 is 0 Å². The molecule has 0 radical (unpaired) electrons. The molecule has 0 amide bonds. The molecule has 4 nitrogen and oxygen atoms in total. The van der Waals surface area contributed by atoms with Gasteiger partial charge in [0.1, 0.15) is 5.82 Å². The molecule has 0 fully saturated rings. The number of rotatable bonds is 2. The van der Waals surface area contributed by atoms with E-state index in [1.165, 1.54) is 0 Å². The lowest BCUT2D eigenvalue weighted by atomic mass is 10.4. The van der Waals surface area contributed by atoms with Crippen molar-refractivity contribution in [3.8, 4) is 0 Å². The predicted octanol–water partition coefficient (Wildman–Crippen LogP) is -0.606. The summed E-state index contributed by atoms with van der Waals surface area (Å²) in [6.45, 7) is 0.809. The zero-order valence-electron chi connectivity index (χ0n) is 5.62. The fourth-order valence-corrected chi connectivity index (χ4v) is 0.653. The summed E-state index contributed by atoms with van der Waals surface area (Å²) in [5, 5.41) is 0. The first-order valence-corrected chi connectivity index (χ1v) is 3.07. The molecule has 0 aliphatic rings. The average Bonchev–Trinajstić information content (AvgIpc) is 2.05. The van der Waals surface area contributed by atoms with E-state index in [1.54, 1.807) is 12.3 Å². The highest BCUT2D eigenvalue weighted by atomic mass is 14.9. The highest BCUT2D eigenvalue weighted by Crippen LogP contribution is 1.92. The van der Waals surface area contributed by atoms with Crippen LogP contribution in [0.4, 0.5) is 0 Å². The molecule has 0 aliphatic heterocycles. The molecule has 0 bridgehead atoms. The molecule has 0 unspecified atom stereocenters. The van der Waals surface area contributed by atoms with Gasteiger partial charge in [0.15, 0.2) is 0 Å². The monoisotopic (exact) mass is 138 g/mol. The molecule has 4 heteroatoms. The van der Waals surface area contributed by atoms with Crippen molar-refractivity contribution in [1.29, 1.82) is 0 Å². The van der Waals surface area contributed by atoms with E-state index in [0.717, 1.165) is 5.69 Å². The van der Waals surface area contributed by atoms with Crippen LogP contribution in [0.1, 0.15) is 11.5 Å². The molecule has 4 N–H and O–H groups in total. The number of hydrogen-bond donors (Lipinski definition) is 2. The van der Waals surface area contributed by atoms with E-state index in [2.05, 4.69) is 9.97 Å². The Kier molecular flexibility index (Phi) is 2.30. The molecule has 0 saturated heterocycles. The first-order valence-electron chi connectivity index (χ1n) is 3.07. The van der Waals surface area contributed by atoms with Crippen LogP contribution in [0, 0.1) is 0 Å². The van der Waals surface area contributed by atoms with Gasteiger partial charge < -0.3 is 11.5 Å². The van der Waals surface area contributed by atoms with Gasteiger partial charge in [0.25, 0.3) is 0 Å². The van der Waals surface area contributed by atoms with Crippen LogP contribution < -0.4 is 11.5 Å². The van der Waals surface area contributed by atoms with Gasteiger partial charge in [-0.05, 0) is 6.07 Å². The lowest BCUT2D eigenvalue weighted by Gasteiger charge is -1.96. The zero-order valence-corrected chi connectivity index (χ0v) is 5.62. The van der Waals surface area contributed by atoms with E-state index in [0.29, 0.717) is 18.9 Å². The highest BCUT2D eigenvalue weighted by Gasteiger charge is 1.92. The molecule has 0 spiro atoms. The Hall–Kier alpha value is -1.00. The predicted molar refractivity (Wildman–Crippen MR) is 37.8 cm³/mol. The summed E-state index contributed by atoms with van der Waals surface area (Å²) in [7, 11) is 0. The third kappa shape index (κ3) is 1.49. The average molecular weight is 138 g/mol. The van der Waals surface area contributed by atoms with E-state index < -0.39 is 0 Å². The normalized spacial score (nSPS) is 9.80. The maximum atomic E-state index is 5.34. The van der Waals surface area contributed by atoms with Gasteiger partial charge in [-0.15, -0.1) is 0 Å². The van der Waals surface area contributed by atoms with Crippen LogP contribution in [-0.2, 0) is 13.1 Å². The Morgan fingerprint density at radius 2 is 2.10 bits per heavy atom. The van der Waals surface area contributed by atoms with Crippen molar-refractivity contribution in [2.45, 2.75) is 13.1 Å². The summed E-state index contributed by atoms with van der Waals surface area (Å²) in [5.41, 5.74) is 11.5. The molecule has 0 atom stereocenters. The first kappa shape index (κ1) is 7.11. The smallest absolute Gasteiger partial charge is 0.142 e. The highest BCUT2D eigenvalue weighted by molar-refractivity contribution is 5.01. The van der Waals surface area contributed by atoms with Crippen LogP contribution in [0.5, 0.6) is 0 Å². The lowest BCUT2D eigenvalue weighted by Crippen LogP contribution is -2.07. The van der Waals surface area contributed by atoms with Crippen molar-refractivity contribution in [2.75, 3.05) is 0 Å². The molecular formula is C6H10N4. The minimum absolute atomic E-state index is 0.369. The minimum atomic E-state index is 0.369. The standard InChI is InChI=1S/C6H10N4/c7-3-5-1-2-9-6(4-8)10-5/h1-2H,3-4,7-8H2. The van der Waals surface area contributed by atoms with Crippen LogP contribution in [0.3, 0.4) is 0 Å². The van der Waals surface area contributed by atoms with Crippen molar-refractivity contribution < 1.29 is 0 Å². The second kappa shape index (κ2) is 3.24. The van der Waals surface area contributed by atoms with Gasteiger partial charge in [-0.2, -0.15) is 0 Å². The largest absolute Gasteiger partial charge is 0.325 e. The summed E-state index contributed by atoms with van der Waals surface area (Å²) in [4.78, 5) is 7.96. The van der Waals surface area contributed by atoms with Crippen molar-refractivity contribution in [2.24, 2.45) is 11.5 Å². The molecular weight excluding hydrogens is 128 g/mol. The van der Waals surface area contributed by atoms with E-state index in [9.17, 15) is 0 Å². The summed E-state index contributed by atoms with van der Waals surface area (Å²) in [5.74, 6) is 0.642. The Balaban J connectivity index is 2.87. The first-order chi connectivity index (χ1) is 4.86. The number of aromatic nitrogens is 2. The molecule has 0 saturated carbocycles. The number of nitrogens with two attached hydrogens (primary N) is 2. The maximum absolute atomic E-state index is 5.34. The van der Waals surface area contributed by atoms with Gasteiger partial charge in [0.2, 0.25) is 0 Å². The molecule has 1 heterocycles. The minimum Gasteiger partial charge on any atom is -0.325 e. The summed E-state index contributed by atoms with van der Waals surface area (Å²) < 4.78 is 0. The van der Waals surface area contributed by atoms with Crippen LogP contribution in [0.2, 0.25) is 0 Å². The Morgan fingerprint density at radius 3 is 2.70 bits per heavy atom. The Bertz CT molecular complexity index is 191. The van der Waals surface area contributed by atoms with Gasteiger partial charge in [-0.25, -0.2) is 9.97 Å². The van der Waals surface area contributed by atoms with Gasteiger partial charge in [0, 0.05) is 12.7 Å². The molecule has 0 aliphatic carbocycles. The molecule has 1 aromatic heterocycles. The number of hydrogen-bond acceptors (Lipinski definition) is 4. The van der Waals surface area contributed by atoms with Crippen LogP contribution in [-0.4, -0.2) is 9.97 Å². The molecule has 0 aromatic carbocycles. The lowest BCUT2D eigenvalue weighted by molar-refractivity contribution is 0.858. The summed E-state index contributed by atoms with van der Waals surface area (Å²) in [6, 6.07) is 1.78. The topological polar surface area (TPSA) is 77.8 Å². The maximum Gasteiger partial charge on any atom is 0.142 e. The second-order valence-corrected chi connectivity index (χ2v) is 1.87. The molecule has 10 heavy (non-hydrogen) atoms. The van der Waals surface area contributed by atoms with Crippen LogP contribution in [0.25, 0.3) is 0 Å². The van der Waals surface area contributed by atoms with Gasteiger partial charge in [0.05, 0.1) is 12.2 Å². The summed E-state index contributed by atoms with van der Waals surface area (Å²) >= 11 is 0. The number of nitrogens with zero attached hydrogens (tertiary/aromatic N) is 2. The Labute approximate surface area is 59.3 Å². The quantitative estimate of drug-likeness (QED) is 0.571. The van der Waals surface area contributed by atoms with E-state index >= 15 is 0 Å². The fourth-order valence-electron chi connectivity index (χ4n) is 0.653. The second-order valence-electron chi connectivity index (χ2n) is 1.87. The van der Waals surface area contributed by atoms with Crippen molar-refractivity contribution >= 4 is 0 Å². The van der Waals surface area contributed by atoms with Crippen molar-refractivity contribution in [3.63, 3.8) is 0 Å². The van der Waals surface area contributed by atoms with Gasteiger partial charge in [-0.3, -0.25) is 0 Å².